The highest BCUT2D eigenvalue weighted by atomic mass is 19.1. The van der Waals surface area contributed by atoms with Gasteiger partial charge in [-0.3, -0.25) is 9.78 Å². The normalized spacial score (nSPS) is 16.7. The van der Waals surface area contributed by atoms with Crippen LogP contribution in [0.15, 0.2) is 53.3 Å². The minimum atomic E-state index is -0.323. The Hall–Kier alpha value is -3.09. The van der Waals surface area contributed by atoms with Crippen molar-refractivity contribution in [2.24, 2.45) is 5.92 Å². The van der Waals surface area contributed by atoms with E-state index in [-0.39, 0.29) is 18.1 Å². The van der Waals surface area contributed by atoms with Crippen molar-refractivity contribution in [3.05, 3.63) is 66.0 Å². The average Bonchev–Trinajstić information content (AvgIpc) is 3.24. The molecule has 0 aliphatic carbocycles. The summed E-state index contributed by atoms with van der Waals surface area (Å²) in [6.45, 7) is 1.43. The molecular formula is C22H23FN4O2. The molecule has 0 N–H and O–H groups in total. The maximum absolute atomic E-state index is 13.8. The lowest BCUT2D eigenvalue weighted by Gasteiger charge is -2.32. The van der Waals surface area contributed by atoms with Gasteiger partial charge in [0.15, 0.2) is 5.82 Å². The number of aromatic nitrogens is 3. The molecule has 1 fully saturated rings. The summed E-state index contributed by atoms with van der Waals surface area (Å²) in [6.07, 6.45) is 7.11. The molecule has 29 heavy (non-hydrogen) atoms. The molecule has 7 heteroatoms. The zero-order valence-electron chi connectivity index (χ0n) is 16.1. The van der Waals surface area contributed by atoms with Crippen molar-refractivity contribution in [2.75, 3.05) is 13.1 Å². The number of piperidine rings is 1. The maximum Gasteiger partial charge on any atom is 0.259 e. The van der Waals surface area contributed by atoms with E-state index in [9.17, 15) is 9.18 Å². The number of nitrogens with zero attached hydrogens (tertiary/aromatic N) is 4. The van der Waals surface area contributed by atoms with Crippen LogP contribution in [-0.4, -0.2) is 39.0 Å². The van der Waals surface area contributed by atoms with Crippen LogP contribution in [0.2, 0.25) is 0 Å². The van der Waals surface area contributed by atoms with Crippen LogP contribution in [-0.2, 0) is 17.6 Å². The molecule has 4 rings (SSSR count). The van der Waals surface area contributed by atoms with E-state index in [1.165, 1.54) is 6.07 Å². The van der Waals surface area contributed by atoms with Crippen molar-refractivity contribution in [1.29, 1.82) is 0 Å². The van der Waals surface area contributed by atoms with Crippen molar-refractivity contribution in [1.82, 2.24) is 20.0 Å². The number of likely N-dealkylation sites (tertiary alicyclic amines) is 1. The summed E-state index contributed by atoms with van der Waals surface area (Å²) in [7, 11) is 0. The summed E-state index contributed by atoms with van der Waals surface area (Å²) < 4.78 is 19.2. The lowest BCUT2D eigenvalue weighted by Crippen LogP contribution is -2.41. The largest absolute Gasteiger partial charge is 0.342 e. The Kier molecular flexibility index (Phi) is 5.93. The fourth-order valence-electron chi connectivity index (χ4n) is 3.74. The minimum absolute atomic E-state index is 0.0155. The second-order valence-corrected chi connectivity index (χ2v) is 7.41. The number of hydrogen-bond donors (Lipinski definition) is 0. The van der Waals surface area contributed by atoms with E-state index < -0.39 is 0 Å². The molecule has 1 unspecified atom stereocenters. The van der Waals surface area contributed by atoms with Crippen LogP contribution in [0.3, 0.4) is 0 Å². The van der Waals surface area contributed by atoms with Gasteiger partial charge in [-0.2, -0.15) is 4.98 Å². The van der Waals surface area contributed by atoms with Gasteiger partial charge >= 0.3 is 0 Å². The molecule has 2 aromatic heterocycles. The fourth-order valence-corrected chi connectivity index (χ4v) is 3.74. The van der Waals surface area contributed by atoms with Gasteiger partial charge in [-0.25, -0.2) is 4.39 Å². The van der Waals surface area contributed by atoms with Gasteiger partial charge in [0.1, 0.15) is 5.82 Å². The lowest BCUT2D eigenvalue weighted by atomic mass is 9.93. The number of carbonyl (C=O) groups excluding carboxylic acids is 1. The summed E-state index contributed by atoms with van der Waals surface area (Å²) in [6, 6.07) is 10.2. The third-order valence-electron chi connectivity index (χ3n) is 5.32. The van der Waals surface area contributed by atoms with E-state index in [0.29, 0.717) is 36.2 Å². The number of hydrogen-bond acceptors (Lipinski definition) is 5. The molecule has 0 radical (unpaired) electrons. The molecule has 1 saturated heterocycles. The Morgan fingerprint density at radius 2 is 2.14 bits per heavy atom. The van der Waals surface area contributed by atoms with Gasteiger partial charge in [0.2, 0.25) is 5.91 Å². The molecule has 1 atom stereocenters. The third kappa shape index (κ3) is 4.85. The first kappa shape index (κ1) is 19.2. The highest BCUT2D eigenvalue weighted by Crippen LogP contribution is 2.23. The smallest absolute Gasteiger partial charge is 0.259 e. The summed E-state index contributed by atoms with van der Waals surface area (Å²) >= 11 is 0. The van der Waals surface area contributed by atoms with Crippen molar-refractivity contribution >= 4 is 5.91 Å². The number of carbonyl (C=O) groups is 1. The number of benzene rings is 1. The van der Waals surface area contributed by atoms with Gasteiger partial charge in [0, 0.05) is 31.9 Å². The van der Waals surface area contributed by atoms with Crippen molar-refractivity contribution in [3.8, 4) is 11.5 Å². The zero-order valence-corrected chi connectivity index (χ0v) is 16.1. The van der Waals surface area contributed by atoms with Gasteiger partial charge < -0.3 is 9.42 Å². The van der Waals surface area contributed by atoms with Gasteiger partial charge in [0.05, 0.1) is 12.0 Å². The van der Waals surface area contributed by atoms with Gasteiger partial charge in [0.25, 0.3) is 5.89 Å². The lowest BCUT2D eigenvalue weighted by molar-refractivity contribution is -0.132. The number of amides is 1. The van der Waals surface area contributed by atoms with Gasteiger partial charge in [-0.1, -0.05) is 23.4 Å². The third-order valence-corrected chi connectivity index (χ3v) is 5.32. The van der Waals surface area contributed by atoms with E-state index in [2.05, 4.69) is 15.1 Å². The maximum atomic E-state index is 13.8. The summed E-state index contributed by atoms with van der Waals surface area (Å²) in [5.41, 5.74) is 1.25. The summed E-state index contributed by atoms with van der Waals surface area (Å²) in [5, 5.41) is 4.06. The summed E-state index contributed by atoms with van der Waals surface area (Å²) in [4.78, 5) is 23.0. The second kappa shape index (κ2) is 8.94. The molecule has 0 bridgehead atoms. The van der Waals surface area contributed by atoms with Crippen LogP contribution in [0.4, 0.5) is 4.39 Å². The molecule has 3 aromatic rings. The number of pyridine rings is 1. The summed E-state index contributed by atoms with van der Waals surface area (Å²) in [5.74, 6) is 1.18. The SMILES string of the molecule is O=C(Cc1ccccc1F)N1CCCC(CCc2noc(-c3cccnc3)n2)C1. The first-order valence-corrected chi connectivity index (χ1v) is 9.93. The Morgan fingerprint density at radius 3 is 2.97 bits per heavy atom. The molecule has 3 heterocycles. The van der Waals surface area contributed by atoms with Crippen LogP contribution < -0.4 is 0 Å². The highest BCUT2D eigenvalue weighted by molar-refractivity contribution is 5.78. The van der Waals surface area contributed by atoms with Crippen molar-refractivity contribution in [2.45, 2.75) is 32.1 Å². The molecule has 1 aromatic carbocycles. The van der Waals surface area contributed by atoms with Crippen molar-refractivity contribution in [3.63, 3.8) is 0 Å². The topological polar surface area (TPSA) is 72.1 Å². The molecule has 0 spiro atoms. The van der Waals surface area contributed by atoms with Crippen LogP contribution in [0, 0.1) is 11.7 Å². The van der Waals surface area contributed by atoms with Crippen molar-refractivity contribution < 1.29 is 13.7 Å². The first-order chi connectivity index (χ1) is 14.2. The molecule has 1 aliphatic heterocycles. The van der Waals surface area contributed by atoms with Crippen LogP contribution in [0.5, 0.6) is 0 Å². The number of rotatable bonds is 6. The van der Waals surface area contributed by atoms with Gasteiger partial charge in [-0.15, -0.1) is 0 Å². The monoisotopic (exact) mass is 394 g/mol. The van der Waals surface area contributed by atoms with E-state index in [0.717, 1.165) is 31.4 Å². The Morgan fingerprint density at radius 1 is 1.24 bits per heavy atom. The van der Waals surface area contributed by atoms with Gasteiger partial charge in [-0.05, 0) is 48.9 Å². The van der Waals surface area contributed by atoms with Crippen LogP contribution in [0.1, 0.15) is 30.7 Å². The van der Waals surface area contributed by atoms with E-state index in [4.69, 9.17) is 4.52 Å². The second-order valence-electron chi connectivity index (χ2n) is 7.41. The predicted molar refractivity (Wildman–Crippen MR) is 105 cm³/mol. The van der Waals surface area contributed by atoms with Crippen LogP contribution >= 0.6 is 0 Å². The first-order valence-electron chi connectivity index (χ1n) is 9.93. The van der Waals surface area contributed by atoms with E-state index >= 15 is 0 Å². The molecule has 150 valence electrons. The molecule has 1 amide bonds. The molecule has 6 nitrogen and oxygen atoms in total. The quantitative estimate of drug-likeness (QED) is 0.638. The Labute approximate surface area is 168 Å². The Balaban J connectivity index is 1.31. The highest BCUT2D eigenvalue weighted by Gasteiger charge is 2.24. The van der Waals surface area contributed by atoms with E-state index in [1.807, 2.05) is 17.0 Å². The molecule has 0 saturated carbocycles. The fraction of sp³-hybridized carbons (Fsp3) is 0.364. The molecule has 1 aliphatic rings. The minimum Gasteiger partial charge on any atom is -0.342 e. The predicted octanol–water partition coefficient (Wildman–Crippen LogP) is 3.68. The van der Waals surface area contributed by atoms with Crippen LogP contribution in [0.25, 0.3) is 11.5 Å². The number of aryl methyl sites for hydroxylation is 1. The number of halogens is 1. The zero-order chi connectivity index (χ0) is 20.1. The molecular weight excluding hydrogens is 371 g/mol. The standard InChI is InChI=1S/C22H23FN4O2/c23-19-8-2-1-6-17(19)13-21(28)27-12-4-5-16(15-27)9-10-20-25-22(29-26-20)18-7-3-11-24-14-18/h1-3,6-8,11,14,16H,4-5,9-10,12-13,15H2. The Bertz CT molecular complexity index is 960. The van der Waals surface area contributed by atoms with E-state index in [1.54, 1.807) is 30.6 Å². The average molecular weight is 394 g/mol.